The van der Waals surface area contributed by atoms with Crippen molar-refractivity contribution >= 4 is 33.4 Å². The Morgan fingerprint density at radius 3 is 1.47 bits per heavy atom. The van der Waals surface area contributed by atoms with Crippen LogP contribution in [0.5, 0.6) is 23.0 Å². The van der Waals surface area contributed by atoms with Gasteiger partial charge >= 0.3 is 0 Å². The van der Waals surface area contributed by atoms with E-state index in [4.69, 9.17) is 28.9 Å². The van der Waals surface area contributed by atoms with Crippen LogP contribution in [0.4, 0.5) is 0 Å². The van der Waals surface area contributed by atoms with Crippen molar-refractivity contribution < 1.29 is 28.5 Å². The maximum atomic E-state index is 15.1. The van der Waals surface area contributed by atoms with Crippen molar-refractivity contribution in [2.45, 2.75) is 50.0 Å². The van der Waals surface area contributed by atoms with Crippen molar-refractivity contribution in [1.82, 2.24) is 19.8 Å². The van der Waals surface area contributed by atoms with Gasteiger partial charge in [0.1, 0.15) is 35.2 Å². The number of rotatable bonds is 12. The van der Waals surface area contributed by atoms with Crippen molar-refractivity contribution in [3.8, 4) is 23.0 Å². The topological polar surface area (TPSA) is 103 Å². The predicted octanol–water partition coefficient (Wildman–Crippen LogP) is 9.61. The van der Waals surface area contributed by atoms with Crippen LogP contribution in [-0.4, -0.2) is 83.8 Å². The zero-order chi connectivity index (χ0) is 43.6. The molecule has 324 valence electrons. The number of benzene rings is 4. The van der Waals surface area contributed by atoms with Gasteiger partial charge in [-0.2, -0.15) is 0 Å². The highest BCUT2D eigenvalue weighted by Gasteiger charge is 2.47. The third kappa shape index (κ3) is 6.68. The van der Waals surface area contributed by atoms with Gasteiger partial charge in [0.2, 0.25) is 0 Å². The second kappa shape index (κ2) is 16.3. The average Bonchev–Trinajstić information content (AvgIpc) is 3.36. The Labute approximate surface area is 373 Å². The van der Waals surface area contributed by atoms with Crippen LogP contribution >= 0.6 is 0 Å². The lowest BCUT2D eigenvalue weighted by molar-refractivity contribution is -0.0368. The molecule has 0 N–H and O–H groups in total. The number of hydrogen-bond acceptors (Lipinski definition) is 10. The van der Waals surface area contributed by atoms with Gasteiger partial charge in [0.15, 0.2) is 11.6 Å². The van der Waals surface area contributed by atoms with E-state index in [9.17, 15) is 0 Å². The number of pyridine rings is 2. The molecule has 4 bridgehead atoms. The molecule has 10 nitrogen and oxygen atoms in total. The van der Waals surface area contributed by atoms with Gasteiger partial charge in [-0.25, -0.2) is 0 Å². The Hall–Kier alpha value is -6.36. The summed E-state index contributed by atoms with van der Waals surface area (Å²) in [6.07, 6.45) is 10.8. The molecule has 0 radical (unpaired) electrons. The summed E-state index contributed by atoms with van der Waals surface area (Å²) < 4.78 is 26.2. The van der Waals surface area contributed by atoms with Gasteiger partial charge in [-0.05, 0) is 123 Å². The molecule has 0 amide bonds. The van der Waals surface area contributed by atoms with Gasteiger partial charge in [-0.3, -0.25) is 29.4 Å². The Morgan fingerprint density at radius 2 is 1.08 bits per heavy atom. The van der Waals surface area contributed by atoms with Crippen LogP contribution in [0, 0.1) is 23.7 Å². The van der Waals surface area contributed by atoms with Gasteiger partial charge in [-0.15, -0.1) is 13.2 Å². The Kier molecular flexibility index (Phi) is 10.3. The first-order chi connectivity index (χ1) is 31.3. The third-order valence-electron chi connectivity index (χ3n) is 15.1. The maximum absolute atomic E-state index is 15.1. The highest BCUT2D eigenvalue weighted by atomic mass is 16.5. The van der Waals surface area contributed by atoms with Crippen molar-refractivity contribution in [2.24, 2.45) is 23.7 Å². The number of aromatic nitrogens is 2. The summed E-state index contributed by atoms with van der Waals surface area (Å²) in [5.41, 5.74) is 4.66. The number of carbonyl (C=O) groups excluding carboxylic acids is 2. The molecule has 6 aliphatic heterocycles. The van der Waals surface area contributed by atoms with Gasteiger partial charge in [0.25, 0.3) is 0 Å². The van der Waals surface area contributed by atoms with Crippen molar-refractivity contribution in [3.63, 3.8) is 0 Å². The molecule has 7 aliphatic rings. The summed E-state index contributed by atoms with van der Waals surface area (Å²) in [6.45, 7) is 12.0. The van der Waals surface area contributed by atoms with E-state index in [-0.39, 0.29) is 34.8 Å². The van der Waals surface area contributed by atoms with Gasteiger partial charge in [-0.1, -0.05) is 36.4 Å². The monoisotopic (exact) mass is 852 g/mol. The molecule has 6 saturated heterocycles. The first-order valence-electron chi connectivity index (χ1n) is 22.6. The quantitative estimate of drug-likeness (QED) is 0.111. The number of nitrogens with zero attached hydrogens (tertiary/aromatic N) is 4. The van der Waals surface area contributed by atoms with E-state index in [1.165, 1.54) is 0 Å². The Morgan fingerprint density at radius 1 is 0.625 bits per heavy atom. The van der Waals surface area contributed by atoms with E-state index in [1.807, 2.05) is 73.1 Å². The lowest BCUT2D eigenvalue weighted by Gasteiger charge is -2.51. The Bertz CT molecular complexity index is 2670. The number of hydrogen-bond donors (Lipinski definition) is 0. The van der Waals surface area contributed by atoms with E-state index in [1.54, 1.807) is 38.5 Å². The van der Waals surface area contributed by atoms with Crippen molar-refractivity contribution in [1.29, 1.82) is 0 Å². The first-order valence-corrected chi connectivity index (χ1v) is 22.6. The van der Waals surface area contributed by atoms with Crippen LogP contribution in [0.2, 0.25) is 0 Å². The van der Waals surface area contributed by atoms with Crippen LogP contribution in [-0.2, 0) is 0 Å². The fraction of sp³-hybridized carbons (Fsp3) is 0.333. The minimum absolute atomic E-state index is 0.0171. The summed E-state index contributed by atoms with van der Waals surface area (Å²) >= 11 is 0. The zero-order valence-corrected chi connectivity index (χ0v) is 36.3. The minimum Gasteiger partial charge on any atom is -0.497 e. The van der Waals surface area contributed by atoms with Crippen LogP contribution in [0.1, 0.15) is 80.9 Å². The van der Waals surface area contributed by atoms with E-state index >= 15 is 9.59 Å². The number of methoxy groups -OCH3 is 2. The first kappa shape index (κ1) is 40.4. The zero-order valence-electron chi connectivity index (χ0n) is 36.3. The SMILES string of the molecule is C=CC1CN2CCC1CC2C(Oc1ccc(OC(c2ccnc3ccc(OC)cc23)C2CC3CCN2CC3C=C)c2c1C(=O)c1ccccc1C2=O)c1ccnc2ccc(OC)cc12. The lowest BCUT2D eigenvalue weighted by Crippen LogP contribution is -2.55. The van der Waals surface area contributed by atoms with E-state index in [0.29, 0.717) is 57.8 Å². The summed E-state index contributed by atoms with van der Waals surface area (Å²) in [4.78, 5) is 44.7. The standard InChI is InChI=1S/C54H52N4O6/c1-5-31-29-57-23-19-33(31)25-45(57)53(39-17-21-55-43-13-11-35(61-3)27-41(39)43)63-47-15-16-48(50-49(47)51(59)37-9-7-8-10-38(37)52(50)60)64-54(46-26-34-20-24-58(46)30-32(34)6-2)40-18-22-56-44-14-12-36(62-4)28-42(40)44/h5-18,21-22,27-28,31-34,45-46,53-54H,1-2,19-20,23-26,29-30H2,3-4H3. The molecule has 13 rings (SSSR count). The van der Waals surface area contributed by atoms with Crippen LogP contribution < -0.4 is 18.9 Å². The Balaban J connectivity index is 1.07. The molecule has 10 atom stereocenters. The predicted molar refractivity (Wildman–Crippen MR) is 247 cm³/mol. The molecular formula is C54H52N4O6. The average molecular weight is 853 g/mol. The van der Waals surface area contributed by atoms with Crippen molar-refractivity contribution in [2.75, 3.05) is 40.4 Å². The van der Waals surface area contributed by atoms with E-state index in [0.717, 1.165) is 84.8 Å². The van der Waals surface area contributed by atoms with Gasteiger partial charge in [0, 0.05) is 58.5 Å². The molecule has 10 heteroatoms. The second-order valence-electron chi connectivity index (χ2n) is 18.2. The molecule has 64 heavy (non-hydrogen) atoms. The molecule has 1 aliphatic carbocycles. The smallest absolute Gasteiger partial charge is 0.198 e. The van der Waals surface area contributed by atoms with Crippen LogP contribution in [0.15, 0.2) is 123 Å². The molecule has 10 unspecified atom stereocenters. The van der Waals surface area contributed by atoms with E-state index in [2.05, 4.69) is 35.1 Å². The summed E-state index contributed by atoms with van der Waals surface area (Å²) in [7, 11) is 3.32. The third-order valence-corrected chi connectivity index (χ3v) is 15.1. The summed E-state index contributed by atoms with van der Waals surface area (Å²) in [5.74, 6) is 3.28. The van der Waals surface area contributed by atoms with Crippen LogP contribution in [0.3, 0.4) is 0 Å². The summed E-state index contributed by atoms with van der Waals surface area (Å²) in [6, 6.07) is 26.6. The molecular weight excluding hydrogens is 801 g/mol. The molecule has 6 aromatic rings. The second-order valence-corrected chi connectivity index (χ2v) is 18.2. The normalized spacial score (nSPS) is 26.5. The summed E-state index contributed by atoms with van der Waals surface area (Å²) in [5, 5.41) is 1.83. The fourth-order valence-electron chi connectivity index (χ4n) is 11.8. The molecule has 8 heterocycles. The highest BCUT2D eigenvalue weighted by molar-refractivity contribution is 6.30. The maximum Gasteiger partial charge on any atom is 0.198 e. The number of carbonyl (C=O) groups is 2. The molecule has 2 aromatic heterocycles. The van der Waals surface area contributed by atoms with Gasteiger partial charge < -0.3 is 18.9 Å². The number of piperidine rings is 6. The number of fused-ring (bicyclic) bond motifs is 10. The van der Waals surface area contributed by atoms with Crippen LogP contribution in [0.25, 0.3) is 21.8 Å². The molecule has 0 spiro atoms. The van der Waals surface area contributed by atoms with Crippen molar-refractivity contribution in [3.05, 3.63) is 156 Å². The molecule has 6 fully saturated rings. The largest absolute Gasteiger partial charge is 0.497 e. The molecule has 4 aromatic carbocycles. The van der Waals surface area contributed by atoms with Gasteiger partial charge in [0.05, 0.1) is 48.5 Å². The fourth-order valence-corrected chi connectivity index (χ4v) is 11.8. The lowest BCUT2D eigenvalue weighted by atomic mass is 9.73. The van der Waals surface area contributed by atoms with E-state index < -0.39 is 12.2 Å². The molecule has 0 saturated carbocycles. The number of ketones is 2. The number of ether oxygens (including phenoxy) is 4. The highest BCUT2D eigenvalue weighted by Crippen LogP contribution is 2.49. The minimum atomic E-state index is -0.517.